The van der Waals surface area contributed by atoms with Crippen molar-refractivity contribution in [3.05, 3.63) is 34.9 Å². The standard InChI is InChI=1S/C12H14F3N/c1-11(2)7-16-6-8-9(11)4-3-5-10(8)12(13,14)15/h3-5,16H,6-7H2,1-2H3. The fraction of sp³-hybridized carbons (Fsp3) is 0.500. The number of nitrogens with one attached hydrogen (secondary N) is 1. The van der Waals surface area contributed by atoms with Crippen LogP contribution in [0.3, 0.4) is 0 Å². The minimum absolute atomic E-state index is 0.241. The normalized spacial score (nSPS) is 19.3. The Balaban J connectivity index is 2.61. The second kappa shape index (κ2) is 3.48. The van der Waals surface area contributed by atoms with E-state index in [0.717, 1.165) is 11.6 Å². The summed E-state index contributed by atoms with van der Waals surface area (Å²) in [6, 6.07) is 4.45. The van der Waals surface area contributed by atoms with Crippen LogP contribution in [0.4, 0.5) is 13.2 Å². The molecule has 0 saturated heterocycles. The summed E-state index contributed by atoms with van der Waals surface area (Å²) in [6.07, 6.45) is -4.26. The fourth-order valence-corrected chi connectivity index (χ4v) is 2.27. The van der Waals surface area contributed by atoms with Crippen LogP contribution in [0.1, 0.15) is 30.5 Å². The number of alkyl halides is 3. The topological polar surface area (TPSA) is 12.0 Å². The van der Waals surface area contributed by atoms with Gasteiger partial charge in [0.05, 0.1) is 5.56 Å². The number of hydrogen-bond acceptors (Lipinski definition) is 1. The van der Waals surface area contributed by atoms with Crippen molar-refractivity contribution in [1.29, 1.82) is 0 Å². The number of fused-ring (bicyclic) bond motifs is 1. The van der Waals surface area contributed by atoms with Crippen molar-refractivity contribution >= 4 is 0 Å². The van der Waals surface area contributed by atoms with E-state index in [0.29, 0.717) is 18.7 Å². The first-order chi connectivity index (χ1) is 7.32. The molecule has 0 unspecified atom stereocenters. The summed E-state index contributed by atoms with van der Waals surface area (Å²) >= 11 is 0. The van der Waals surface area contributed by atoms with E-state index in [4.69, 9.17) is 0 Å². The Labute approximate surface area is 92.7 Å². The predicted octanol–water partition coefficient (Wildman–Crippen LogP) is 3.09. The van der Waals surface area contributed by atoms with Crippen molar-refractivity contribution in [2.45, 2.75) is 32.0 Å². The van der Waals surface area contributed by atoms with Gasteiger partial charge in [0.1, 0.15) is 0 Å². The van der Waals surface area contributed by atoms with Crippen molar-refractivity contribution in [1.82, 2.24) is 5.32 Å². The molecule has 1 N–H and O–H groups in total. The van der Waals surface area contributed by atoms with Gasteiger partial charge in [-0.25, -0.2) is 0 Å². The zero-order chi connectivity index (χ0) is 12.0. The average molecular weight is 229 g/mol. The highest BCUT2D eigenvalue weighted by atomic mass is 19.4. The van der Waals surface area contributed by atoms with Gasteiger partial charge in [0.2, 0.25) is 0 Å². The molecule has 1 aliphatic heterocycles. The fourth-order valence-electron chi connectivity index (χ4n) is 2.27. The van der Waals surface area contributed by atoms with Gasteiger partial charge in [0, 0.05) is 18.5 Å². The van der Waals surface area contributed by atoms with E-state index in [1.54, 1.807) is 6.07 Å². The molecule has 0 aliphatic carbocycles. The molecule has 0 radical (unpaired) electrons. The lowest BCUT2D eigenvalue weighted by atomic mass is 9.78. The van der Waals surface area contributed by atoms with Crippen LogP contribution in [-0.4, -0.2) is 6.54 Å². The third-order valence-electron chi connectivity index (χ3n) is 3.08. The number of halogens is 3. The molecule has 4 heteroatoms. The first kappa shape index (κ1) is 11.5. The van der Waals surface area contributed by atoms with Gasteiger partial charge in [0.25, 0.3) is 0 Å². The molecule has 0 amide bonds. The van der Waals surface area contributed by atoms with Crippen LogP contribution in [0.5, 0.6) is 0 Å². The molecule has 0 saturated carbocycles. The number of rotatable bonds is 0. The van der Waals surface area contributed by atoms with Crippen LogP contribution < -0.4 is 5.32 Å². The molecular formula is C12H14F3N. The Morgan fingerprint density at radius 2 is 1.94 bits per heavy atom. The molecule has 1 nitrogen and oxygen atoms in total. The molecule has 0 atom stereocenters. The molecule has 1 aliphatic rings. The Bertz CT molecular complexity index is 393. The molecule has 0 fully saturated rings. The summed E-state index contributed by atoms with van der Waals surface area (Å²) in [5, 5.41) is 3.04. The monoisotopic (exact) mass is 229 g/mol. The van der Waals surface area contributed by atoms with Gasteiger partial charge in [0.15, 0.2) is 0 Å². The lowest BCUT2D eigenvalue weighted by molar-refractivity contribution is -0.138. The van der Waals surface area contributed by atoms with E-state index in [2.05, 4.69) is 5.32 Å². The molecule has 0 spiro atoms. The molecule has 16 heavy (non-hydrogen) atoms. The van der Waals surface area contributed by atoms with Gasteiger partial charge >= 0.3 is 6.18 Å². The Hall–Kier alpha value is -1.03. The summed E-state index contributed by atoms with van der Waals surface area (Å²) in [4.78, 5) is 0. The average Bonchev–Trinajstić information content (AvgIpc) is 2.15. The summed E-state index contributed by atoms with van der Waals surface area (Å²) in [6.45, 7) is 4.92. The highest BCUT2D eigenvalue weighted by Crippen LogP contribution is 2.38. The highest BCUT2D eigenvalue weighted by molar-refractivity contribution is 5.42. The van der Waals surface area contributed by atoms with Crippen LogP contribution in [0.25, 0.3) is 0 Å². The van der Waals surface area contributed by atoms with Crippen molar-refractivity contribution < 1.29 is 13.2 Å². The summed E-state index contributed by atoms with van der Waals surface area (Å²) in [7, 11) is 0. The van der Waals surface area contributed by atoms with Crippen LogP contribution in [0.2, 0.25) is 0 Å². The van der Waals surface area contributed by atoms with Crippen molar-refractivity contribution in [3.63, 3.8) is 0 Å². The van der Waals surface area contributed by atoms with Gasteiger partial charge in [-0.15, -0.1) is 0 Å². The van der Waals surface area contributed by atoms with Crippen LogP contribution in [0.15, 0.2) is 18.2 Å². The Kier molecular flexibility index (Phi) is 2.49. The Morgan fingerprint density at radius 1 is 1.25 bits per heavy atom. The van der Waals surface area contributed by atoms with E-state index in [1.807, 2.05) is 13.8 Å². The zero-order valence-corrected chi connectivity index (χ0v) is 9.28. The van der Waals surface area contributed by atoms with Crippen molar-refractivity contribution in [2.24, 2.45) is 0 Å². The van der Waals surface area contributed by atoms with E-state index in [-0.39, 0.29) is 5.41 Å². The quantitative estimate of drug-likeness (QED) is 0.720. The summed E-state index contributed by atoms with van der Waals surface area (Å²) in [5.74, 6) is 0. The molecule has 2 rings (SSSR count). The molecular weight excluding hydrogens is 215 g/mol. The van der Waals surface area contributed by atoms with E-state index < -0.39 is 11.7 Å². The number of benzene rings is 1. The van der Waals surface area contributed by atoms with Gasteiger partial charge in [-0.3, -0.25) is 0 Å². The SMILES string of the molecule is CC1(C)CNCc2c(C(F)(F)F)cccc21. The second-order valence-electron chi connectivity index (χ2n) is 4.82. The van der Waals surface area contributed by atoms with E-state index in [9.17, 15) is 13.2 Å². The summed E-state index contributed by atoms with van der Waals surface area (Å²) in [5.41, 5.74) is 0.451. The van der Waals surface area contributed by atoms with Crippen LogP contribution >= 0.6 is 0 Å². The first-order valence-electron chi connectivity index (χ1n) is 5.23. The molecule has 1 aromatic rings. The third-order valence-corrected chi connectivity index (χ3v) is 3.08. The third kappa shape index (κ3) is 1.82. The number of hydrogen-bond donors (Lipinski definition) is 1. The smallest absolute Gasteiger partial charge is 0.312 e. The minimum Gasteiger partial charge on any atom is -0.312 e. The largest absolute Gasteiger partial charge is 0.416 e. The molecule has 88 valence electrons. The first-order valence-corrected chi connectivity index (χ1v) is 5.23. The van der Waals surface area contributed by atoms with E-state index >= 15 is 0 Å². The van der Waals surface area contributed by atoms with E-state index in [1.165, 1.54) is 6.07 Å². The lowest BCUT2D eigenvalue weighted by Gasteiger charge is -2.34. The lowest BCUT2D eigenvalue weighted by Crippen LogP contribution is -2.39. The van der Waals surface area contributed by atoms with Crippen molar-refractivity contribution in [3.8, 4) is 0 Å². The predicted molar refractivity (Wildman–Crippen MR) is 56.2 cm³/mol. The minimum atomic E-state index is -4.26. The highest BCUT2D eigenvalue weighted by Gasteiger charge is 2.37. The van der Waals surface area contributed by atoms with Gasteiger partial charge in [-0.05, 0) is 17.2 Å². The zero-order valence-electron chi connectivity index (χ0n) is 9.28. The second-order valence-corrected chi connectivity index (χ2v) is 4.82. The van der Waals surface area contributed by atoms with Gasteiger partial charge < -0.3 is 5.32 Å². The van der Waals surface area contributed by atoms with Gasteiger partial charge in [-0.2, -0.15) is 13.2 Å². The molecule has 0 aromatic heterocycles. The molecule has 1 aromatic carbocycles. The summed E-state index contributed by atoms with van der Waals surface area (Å²) < 4.78 is 38.4. The maximum Gasteiger partial charge on any atom is 0.416 e. The van der Waals surface area contributed by atoms with Gasteiger partial charge in [-0.1, -0.05) is 26.0 Å². The molecule has 1 heterocycles. The maximum atomic E-state index is 12.8. The van der Waals surface area contributed by atoms with Crippen LogP contribution in [0, 0.1) is 0 Å². The molecule has 0 bridgehead atoms. The Morgan fingerprint density at radius 3 is 2.56 bits per heavy atom. The van der Waals surface area contributed by atoms with Crippen LogP contribution in [-0.2, 0) is 18.1 Å². The van der Waals surface area contributed by atoms with Crippen molar-refractivity contribution in [2.75, 3.05) is 6.54 Å². The maximum absolute atomic E-state index is 12.8.